The van der Waals surface area contributed by atoms with Gasteiger partial charge in [0.2, 0.25) is 0 Å². The Labute approximate surface area is 126 Å². The van der Waals surface area contributed by atoms with Crippen LogP contribution in [0, 0.1) is 0 Å². The Morgan fingerprint density at radius 1 is 1.10 bits per heavy atom. The summed E-state index contributed by atoms with van der Waals surface area (Å²) in [6.45, 7) is 7.86. The molecule has 0 radical (unpaired) electrons. The first-order valence-corrected chi connectivity index (χ1v) is 7.68. The Morgan fingerprint density at radius 2 is 1.76 bits per heavy atom. The van der Waals surface area contributed by atoms with Crippen LogP contribution in [0.5, 0.6) is 0 Å². The van der Waals surface area contributed by atoms with Gasteiger partial charge in [-0.1, -0.05) is 25.8 Å². The summed E-state index contributed by atoms with van der Waals surface area (Å²) in [6, 6.07) is 4.98. The molecule has 2 amide bonds. The van der Waals surface area contributed by atoms with E-state index >= 15 is 0 Å². The highest BCUT2D eigenvalue weighted by atomic mass is 16.2. The maximum Gasteiger partial charge on any atom is 0.272 e. The van der Waals surface area contributed by atoms with Crippen LogP contribution < -0.4 is 5.32 Å². The van der Waals surface area contributed by atoms with Crippen molar-refractivity contribution >= 4 is 11.8 Å². The largest absolute Gasteiger partial charge is 0.351 e. The van der Waals surface area contributed by atoms with E-state index in [0.29, 0.717) is 31.0 Å². The molecule has 0 fully saturated rings. The lowest BCUT2D eigenvalue weighted by atomic mass is 10.2. The molecule has 5 heteroatoms. The molecular formula is C16H25N3O2. The van der Waals surface area contributed by atoms with Gasteiger partial charge in [-0.15, -0.1) is 0 Å². The molecule has 1 aromatic heterocycles. The first-order chi connectivity index (χ1) is 10.1. The van der Waals surface area contributed by atoms with E-state index < -0.39 is 0 Å². The van der Waals surface area contributed by atoms with Crippen LogP contribution in [-0.4, -0.2) is 41.3 Å². The van der Waals surface area contributed by atoms with E-state index in [1.54, 1.807) is 23.1 Å². The van der Waals surface area contributed by atoms with Gasteiger partial charge >= 0.3 is 0 Å². The number of amides is 2. The van der Waals surface area contributed by atoms with E-state index in [4.69, 9.17) is 0 Å². The summed E-state index contributed by atoms with van der Waals surface area (Å²) in [5.74, 6) is -0.360. The zero-order chi connectivity index (χ0) is 15.7. The molecule has 0 saturated carbocycles. The number of carbonyl (C=O) groups is 2. The molecule has 0 aliphatic carbocycles. The highest BCUT2D eigenvalue weighted by Gasteiger charge is 2.16. The van der Waals surface area contributed by atoms with Gasteiger partial charge in [-0.3, -0.25) is 9.59 Å². The summed E-state index contributed by atoms with van der Waals surface area (Å²) in [7, 11) is 0. The van der Waals surface area contributed by atoms with Gasteiger partial charge in [0.25, 0.3) is 11.8 Å². The lowest BCUT2D eigenvalue weighted by Gasteiger charge is -2.18. The van der Waals surface area contributed by atoms with Crippen molar-refractivity contribution in [1.29, 1.82) is 0 Å². The van der Waals surface area contributed by atoms with Gasteiger partial charge in [-0.05, 0) is 32.4 Å². The van der Waals surface area contributed by atoms with Gasteiger partial charge in [-0.25, -0.2) is 4.98 Å². The number of unbranched alkanes of at least 4 members (excludes halogenated alkanes) is 2. The van der Waals surface area contributed by atoms with Gasteiger partial charge in [0.15, 0.2) is 0 Å². The predicted octanol–water partition coefficient (Wildman–Crippen LogP) is 2.48. The highest BCUT2D eigenvalue weighted by Crippen LogP contribution is 2.04. The van der Waals surface area contributed by atoms with Crippen molar-refractivity contribution in [3.63, 3.8) is 0 Å². The van der Waals surface area contributed by atoms with Crippen LogP contribution in [0.15, 0.2) is 18.2 Å². The number of hydrogen-bond acceptors (Lipinski definition) is 3. The van der Waals surface area contributed by atoms with Crippen molar-refractivity contribution in [2.24, 2.45) is 0 Å². The van der Waals surface area contributed by atoms with Crippen LogP contribution in [0.25, 0.3) is 0 Å². The lowest BCUT2D eigenvalue weighted by molar-refractivity contribution is 0.0767. The lowest BCUT2D eigenvalue weighted by Crippen LogP contribution is -2.32. The van der Waals surface area contributed by atoms with Crippen LogP contribution in [0.3, 0.4) is 0 Å². The molecule has 0 spiro atoms. The second kappa shape index (κ2) is 9.10. The van der Waals surface area contributed by atoms with Crippen molar-refractivity contribution in [3.05, 3.63) is 29.6 Å². The van der Waals surface area contributed by atoms with Gasteiger partial charge in [0, 0.05) is 19.6 Å². The fourth-order valence-corrected chi connectivity index (χ4v) is 2.02. The number of rotatable bonds is 8. The summed E-state index contributed by atoms with van der Waals surface area (Å²) in [4.78, 5) is 30.1. The Bertz CT molecular complexity index is 470. The predicted molar refractivity (Wildman–Crippen MR) is 83.3 cm³/mol. The van der Waals surface area contributed by atoms with Crippen molar-refractivity contribution in [3.8, 4) is 0 Å². The van der Waals surface area contributed by atoms with E-state index in [2.05, 4.69) is 17.2 Å². The molecule has 5 nitrogen and oxygen atoms in total. The molecule has 0 aromatic carbocycles. The van der Waals surface area contributed by atoms with E-state index in [0.717, 1.165) is 19.3 Å². The molecular weight excluding hydrogens is 266 g/mol. The summed E-state index contributed by atoms with van der Waals surface area (Å²) in [6.07, 6.45) is 3.16. The molecule has 0 unspecified atom stereocenters. The number of hydrogen-bond donors (Lipinski definition) is 1. The topological polar surface area (TPSA) is 62.3 Å². The van der Waals surface area contributed by atoms with E-state index in [-0.39, 0.29) is 11.8 Å². The first kappa shape index (κ1) is 17.1. The molecule has 0 bridgehead atoms. The first-order valence-electron chi connectivity index (χ1n) is 7.68. The summed E-state index contributed by atoms with van der Waals surface area (Å²) in [5.41, 5.74) is 0.615. The minimum Gasteiger partial charge on any atom is -0.351 e. The number of carbonyl (C=O) groups excluding carboxylic acids is 2. The summed E-state index contributed by atoms with van der Waals surface area (Å²) >= 11 is 0. The molecule has 116 valence electrons. The minimum absolute atomic E-state index is 0.138. The molecule has 21 heavy (non-hydrogen) atoms. The normalized spacial score (nSPS) is 10.2. The average molecular weight is 291 g/mol. The molecule has 1 aromatic rings. The van der Waals surface area contributed by atoms with Crippen molar-refractivity contribution < 1.29 is 9.59 Å². The van der Waals surface area contributed by atoms with Gasteiger partial charge in [0.1, 0.15) is 11.4 Å². The van der Waals surface area contributed by atoms with Crippen LogP contribution >= 0.6 is 0 Å². The SMILES string of the molecule is CCCCCNC(=O)c1cccc(C(=O)N(CC)CC)n1. The van der Waals surface area contributed by atoms with Gasteiger partial charge in [0.05, 0.1) is 0 Å². The maximum absolute atomic E-state index is 12.2. The number of pyridine rings is 1. The van der Waals surface area contributed by atoms with E-state index in [9.17, 15) is 9.59 Å². The quantitative estimate of drug-likeness (QED) is 0.748. The third kappa shape index (κ3) is 5.17. The van der Waals surface area contributed by atoms with E-state index in [1.807, 2.05) is 13.8 Å². The van der Waals surface area contributed by atoms with E-state index in [1.165, 1.54) is 0 Å². The zero-order valence-electron chi connectivity index (χ0n) is 13.2. The minimum atomic E-state index is -0.222. The average Bonchev–Trinajstić information content (AvgIpc) is 2.52. The molecule has 1 rings (SSSR count). The molecule has 0 atom stereocenters. The number of aromatic nitrogens is 1. The second-order valence-electron chi connectivity index (χ2n) is 4.85. The molecule has 1 heterocycles. The van der Waals surface area contributed by atoms with Crippen LogP contribution in [-0.2, 0) is 0 Å². The van der Waals surface area contributed by atoms with Crippen LogP contribution in [0.1, 0.15) is 61.0 Å². The van der Waals surface area contributed by atoms with Crippen molar-refractivity contribution in [2.45, 2.75) is 40.0 Å². The van der Waals surface area contributed by atoms with Gasteiger partial charge < -0.3 is 10.2 Å². The van der Waals surface area contributed by atoms with Gasteiger partial charge in [-0.2, -0.15) is 0 Å². The fraction of sp³-hybridized carbons (Fsp3) is 0.562. The highest BCUT2D eigenvalue weighted by molar-refractivity contribution is 5.96. The zero-order valence-corrected chi connectivity index (χ0v) is 13.2. The fourth-order valence-electron chi connectivity index (χ4n) is 2.02. The Morgan fingerprint density at radius 3 is 2.38 bits per heavy atom. The summed E-state index contributed by atoms with van der Waals surface area (Å²) < 4.78 is 0. The number of nitrogens with zero attached hydrogens (tertiary/aromatic N) is 2. The molecule has 0 saturated heterocycles. The third-order valence-corrected chi connectivity index (χ3v) is 3.32. The smallest absolute Gasteiger partial charge is 0.272 e. The maximum atomic E-state index is 12.2. The Hall–Kier alpha value is -1.91. The monoisotopic (exact) mass is 291 g/mol. The van der Waals surface area contributed by atoms with Crippen molar-refractivity contribution in [1.82, 2.24) is 15.2 Å². The summed E-state index contributed by atoms with van der Waals surface area (Å²) in [5, 5.41) is 2.83. The number of nitrogens with one attached hydrogen (secondary N) is 1. The molecule has 0 aliphatic rings. The Balaban J connectivity index is 2.71. The third-order valence-electron chi connectivity index (χ3n) is 3.32. The van der Waals surface area contributed by atoms with Crippen molar-refractivity contribution in [2.75, 3.05) is 19.6 Å². The molecule has 0 aliphatic heterocycles. The second-order valence-corrected chi connectivity index (χ2v) is 4.85. The van der Waals surface area contributed by atoms with Crippen LogP contribution in [0.4, 0.5) is 0 Å². The standard InChI is InChI=1S/C16H25N3O2/c1-4-7-8-12-17-15(20)13-10-9-11-14(18-13)16(21)19(5-2)6-3/h9-11H,4-8,12H2,1-3H3,(H,17,20). The Kier molecular flexibility index (Phi) is 7.43. The molecule has 1 N–H and O–H groups in total. The van der Waals surface area contributed by atoms with Crippen LogP contribution in [0.2, 0.25) is 0 Å².